The van der Waals surface area contributed by atoms with E-state index in [0.29, 0.717) is 21.8 Å². The largest absolute Gasteiger partial charge is 0.321 e. The molecule has 0 aliphatic heterocycles. The van der Waals surface area contributed by atoms with Crippen molar-refractivity contribution >= 4 is 39.1 Å². The van der Waals surface area contributed by atoms with Gasteiger partial charge in [-0.1, -0.05) is 27.5 Å². The Labute approximate surface area is 130 Å². The number of nitriles is 1. The lowest BCUT2D eigenvalue weighted by atomic mass is 10.1. The maximum Gasteiger partial charge on any atom is 0.255 e. The van der Waals surface area contributed by atoms with Crippen molar-refractivity contribution in [3.63, 3.8) is 0 Å². The summed E-state index contributed by atoms with van der Waals surface area (Å²) >= 11 is 9.39. The van der Waals surface area contributed by atoms with E-state index in [1.54, 1.807) is 24.3 Å². The zero-order chi connectivity index (χ0) is 14.7. The van der Waals surface area contributed by atoms with Crippen LogP contribution in [0.4, 0.5) is 5.69 Å². The molecule has 2 aromatic rings. The van der Waals surface area contributed by atoms with Gasteiger partial charge in [0.1, 0.15) is 0 Å². The van der Waals surface area contributed by atoms with E-state index in [0.717, 1.165) is 10.0 Å². The molecule has 0 spiro atoms. The Balaban J connectivity index is 2.26. The Morgan fingerprint density at radius 1 is 1.30 bits per heavy atom. The molecule has 1 amide bonds. The van der Waals surface area contributed by atoms with Crippen molar-refractivity contribution < 1.29 is 4.79 Å². The van der Waals surface area contributed by atoms with Crippen molar-refractivity contribution in [1.29, 1.82) is 5.26 Å². The second-order valence-corrected chi connectivity index (χ2v) is 5.60. The van der Waals surface area contributed by atoms with Crippen molar-refractivity contribution in [3.8, 4) is 6.07 Å². The molecule has 0 heterocycles. The Hall–Kier alpha value is -1.83. The minimum atomic E-state index is -0.249. The number of rotatable bonds is 2. The number of halogens is 2. The van der Waals surface area contributed by atoms with Gasteiger partial charge in [0.15, 0.2) is 0 Å². The van der Waals surface area contributed by atoms with Crippen molar-refractivity contribution in [2.24, 2.45) is 0 Å². The minimum Gasteiger partial charge on any atom is -0.321 e. The molecular formula is C15H10BrClN2O. The number of anilines is 1. The normalized spacial score (nSPS) is 9.90. The third-order valence-corrected chi connectivity index (χ3v) is 3.42. The van der Waals surface area contributed by atoms with Crippen LogP contribution in [0.25, 0.3) is 0 Å². The van der Waals surface area contributed by atoms with Crippen LogP contribution < -0.4 is 5.32 Å². The van der Waals surface area contributed by atoms with Crippen molar-refractivity contribution in [2.45, 2.75) is 6.92 Å². The number of hydrogen-bond donors (Lipinski definition) is 1. The zero-order valence-electron chi connectivity index (χ0n) is 10.6. The predicted molar refractivity (Wildman–Crippen MR) is 83.0 cm³/mol. The van der Waals surface area contributed by atoms with Gasteiger partial charge < -0.3 is 5.32 Å². The molecule has 20 heavy (non-hydrogen) atoms. The molecule has 0 atom stereocenters. The second kappa shape index (κ2) is 6.08. The van der Waals surface area contributed by atoms with Crippen molar-refractivity contribution in [1.82, 2.24) is 0 Å². The molecule has 0 saturated carbocycles. The average Bonchev–Trinajstić information content (AvgIpc) is 2.39. The maximum absolute atomic E-state index is 12.2. The van der Waals surface area contributed by atoms with Crippen LogP contribution >= 0.6 is 27.5 Å². The molecule has 100 valence electrons. The standard InChI is InChI=1S/C15H10BrClN2O/c1-9-4-11(7-12(16)5-9)15(20)19-14-3-2-10(8-18)6-13(14)17/h2-7H,1H3,(H,19,20). The van der Waals surface area contributed by atoms with Gasteiger partial charge in [-0.2, -0.15) is 5.26 Å². The number of aryl methyl sites for hydroxylation is 1. The van der Waals surface area contributed by atoms with E-state index in [-0.39, 0.29) is 5.91 Å². The third-order valence-electron chi connectivity index (χ3n) is 2.65. The number of nitrogens with one attached hydrogen (secondary N) is 1. The first-order valence-corrected chi connectivity index (χ1v) is 6.95. The topological polar surface area (TPSA) is 52.9 Å². The van der Waals surface area contributed by atoms with Crippen molar-refractivity contribution in [3.05, 3.63) is 62.6 Å². The van der Waals surface area contributed by atoms with Gasteiger partial charge in [-0.15, -0.1) is 0 Å². The summed E-state index contributed by atoms with van der Waals surface area (Å²) in [7, 11) is 0. The van der Waals surface area contributed by atoms with E-state index in [2.05, 4.69) is 21.2 Å². The van der Waals surface area contributed by atoms with Gasteiger partial charge in [0.05, 0.1) is 22.3 Å². The van der Waals surface area contributed by atoms with Gasteiger partial charge in [0.2, 0.25) is 0 Å². The number of amides is 1. The predicted octanol–water partition coefficient (Wildman–Crippen LogP) is 4.53. The third kappa shape index (κ3) is 3.38. The van der Waals surface area contributed by atoms with Crippen LogP contribution in [0.5, 0.6) is 0 Å². The van der Waals surface area contributed by atoms with Crippen molar-refractivity contribution in [2.75, 3.05) is 5.32 Å². The highest BCUT2D eigenvalue weighted by atomic mass is 79.9. The first-order chi connectivity index (χ1) is 9.49. The molecule has 1 N–H and O–H groups in total. The summed E-state index contributed by atoms with van der Waals surface area (Å²) in [5, 5.41) is 11.8. The molecule has 0 aliphatic rings. The molecule has 0 unspecified atom stereocenters. The maximum atomic E-state index is 12.2. The smallest absolute Gasteiger partial charge is 0.255 e. The summed E-state index contributed by atoms with van der Waals surface area (Å²) in [6, 6.07) is 12.2. The van der Waals surface area contributed by atoms with Gasteiger partial charge in [0, 0.05) is 10.0 Å². The van der Waals surface area contributed by atoms with E-state index >= 15 is 0 Å². The van der Waals surface area contributed by atoms with Crippen LogP contribution in [0.15, 0.2) is 40.9 Å². The summed E-state index contributed by atoms with van der Waals surface area (Å²) in [6.45, 7) is 1.91. The SMILES string of the molecule is Cc1cc(Br)cc(C(=O)Nc2ccc(C#N)cc2Cl)c1. The van der Waals surface area contributed by atoms with Gasteiger partial charge in [-0.3, -0.25) is 4.79 Å². The molecular weight excluding hydrogens is 340 g/mol. The molecule has 0 saturated heterocycles. The molecule has 0 radical (unpaired) electrons. The monoisotopic (exact) mass is 348 g/mol. The molecule has 5 heteroatoms. The number of benzene rings is 2. The van der Waals surface area contributed by atoms with Crippen LogP contribution in [0.2, 0.25) is 5.02 Å². The number of carbonyl (C=O) groups is 1. The van der Waals surface area contributed by atoms with Gasteiger partial charge in [-0.05, 0) is 48.9 Å². The lowest BCUT2D eigenvalue weighted by Gasteiger charge is -2.08. The van der Waals surface area contributed by atoms with E-state index in [4.69, 9.17) is 16.9 Å². The van der Waals surface area contributed by atoms with Gasteiger partial charge in [-0.25, -0.2) is 0 Å². The van der Waals surface area contributed by atoms with Crippen LogP contribution in [0.1, 0.15) is 21.5 Å². The molecule has 0 aliphatic carbocycles. The van der Waals surface area contributed by atoms with Crippen LogP contribution in [0.3, 0.4) is 0 Å². The fourth-order valence-electron chi connectivity index (χ4n) is 1.75. The Morgan fingerprint density at radius 2 is 2.05 bits per heavy atom. The van der Waals surface area contributed by atoms with Gasteiger partial charge >= 0.3 is 0 Å². The quantitative estimate of drug-likeness (QED) is 0.865. The number of nitrogens with zero attached hydrogens (tertiary/aromatic N) is 1. The molecule has 2 rings (SSSR count). The molecule has 0 bridgehead atoms. The highest BCUT2D eigenvalue weighted by Gasteiger charge is 2.10. The molecule has 2 aromatic carbocycles. The second-order valence-electron chi connectivity index (χ2n) is 4.28. The van der Waals surface area contributed by atoms with E-state index in [1.165, 1.54) is 6.07 Å². The Morgan fingerprint density at radius 3 is 2.65 bits per heavy atom. The Bertz CT molecular complexity index is 702. The summed E-state index contributed by atoms with van der Waals surface area (Å²) in [4.78, 5) is 12.2. The minimum absolute atomic E-state index is 0.249. The van der Waals surface area contributed by atoms with E-state index in [9.17, 15) is 4.79 Å². The molecule has 0 aromatic heterocycles. The molecule has 0 fully saturated rings. The lowest BCUT2D eigenvalue weighted by Crippen LogP contribution is -2.12. The fraction of sp³-hybridized carbons (Fsp3) is 0.0667. The van der Waals surface area contributed by atoms with Crippen LogP contribution in [0, 0.1) is 18.3 Å². The first kappa shape index (κ1) is 14.6. The Kier molecular flexibility index (Phi) is 4.43. The van der Waals surface area contributed by atoms with Crippen LogP contribution in [-0.2, 0) is 0 Å². The van der Waals surface area contributed by atoms with Crippen LogP contribution in [-0.4, -0.2) is 5.91 Å². The summed E-state index contributed by atoms with van der Waals surface area (Å²) in [6.07, 6.45) is 0. The summed E-state index contributed by atoms with van der Waals surface area (Å²) in [5.74, 6) is -0.249. The van der Waals surface area contributed by atoms with Gasteiger partial charge in [0.25, 0.3) is 5.91 Å². The number of carbonyl (C=O) groups excluding carboxylic acids is 1. The average molecular weight is 350 g/mol. The summed E-state index contributed by atoms with van der Waals surface area (Å²) in [5.41, 5.74) is 2.45. The lowest BCUT2D eigenvalue weighted by molar-refractivity contribution is 0.102. The van der Waals surface area contributed by atoms with E-state index in [1.807, 2.05) is 19.1 Å². The summed E-state index contributed by atoms with van der Waals surface area (Å²) < 4.78 is 0.841. The van der Waals surface area contributed by atoms with E-state index < -0.39 is 0 Å². The fourth-order valence-corrected chi connectivity index (χ4v) is 2.58. The number of hydrogen-bond acceptors (Lipinski definition) is 2. The molecule has 3 nitrogen and oxygen atoms in total. The zero-order valence-corrected chi connectivity index (χ0v) is 12.9. The highest BCUT2D eigenvalue weighted by molar-refractivity contribution is 9.10. The highest BCUT2D eigenvalue weighted by Crippen LogP contribution is 2.24. The first-order valence-electron chi connectivity index (χ1n) is 5.78.